The number of hydrogen-bond acceptors (Lipinski definition) is 10. The highest BCUT2D eigenvalue weighted by Crippen LogP contribution is 2.39. The summed E-state index contributed by atoms with van der Waals surface area (Å²) in [6, 6.07) is 15.1. The fourth-order valence-corrected chi connectivity index (χ4v) is 5.15. The third-order valence-electron chi connectivity index (χ3n) is 6.49. The van der Waals surface area contributed by atoms with Gasteiger partial charge in [0.15, 0.2) is 6.29 Å². The summed E-state index contributed by atoms with van der Waals surface area (Å²) >= 11 is 1.52. The van der Waals surface area contributed by atoms with Crippen LogP contribution in [0.1, 0.15) is 67.6 Å². The third-order valence-corrected chi connectivity index (χ3v) is 7.64. The number of aromatic nitrogens is 4. The second-order valence-electron chi connectivity index (χ2n) is 9.51. The van der Waals surface area contributed by atoms with E-state index in [4.69, 9.17) is 14.7 Å². The first kappa shape index (κ1) is 29.6. The lowest BCUT2D eigenvalue weighted by molar-refractivity contribution is -0.245. The lowest BCUT2D eigenvalue weighted by atomic mass is 10.0. The number of rotatable bonds is 13. The normalized spacial score (nSPS) is 18.8. The smallest absolute Gasteiger partial charge is 0.243 e. The fourth-order valence-electron chi connectivity index (χ4n) is 4.28. The number of aliphatic hydroxyl groups excluding tert-OH is 1. The highest BCUT2D eigenvalue weighted by molar-refractivity contribution is 7.99. The van der Waals surface area contributed by atoms with E-state index in [1.807, 2.05) is 48.5 Å². The van der Waals surface area contributed by atoms with Gasteiger partial charge in [-0.3, -0.25) is 14.8 Å². The van der Waals surface area contributed by atoms with Gasteiger partial charge in [0.1, 0.15) is 0 Å². The van der Waals surface area contributed by atoms with E-state index in [1.165, 1.54) is 11.8 Å². The zero-order valence-electron chi connectivity index (χ0n) is 22.2. The maximum atomic E-state index is 12.3. The Balaban J connectivity index is 1.36. The molecule has 3 aromatic rings. The van der Waals surface area contributed by atoms with Gasteiger partial charge in [0, 0.05) is 43.3 Å². The Kier molecular flexibility index (Phi) is 11.0. The number of amides is 2. The van der Waals surface area contributed by atoms with Gasteiger partial charge in [-0.15, -0.1) is 5.10 Å². The minimum absolute atomic E-state index is 0.0191. The van der Waals surface area contributed by atoms with Crippen LogP contribution in [-0.4, -0.2) is 54.2 Å². The number of nitrogens with one attached hydrogen (secondary N) is 2. The average molecular weight is 571 g/mol. The Labute approximate surface area is 236 Å². The van der Waals surface area contributed by atoms with Crippen molar-refractivity contribution in [2.24, 2.45) is 7.05 Å². The number of thioether (sulfide) groups is 1. The molecule has 1 saturated heterocycles. The molecule has 4 N–H and O–H groups in total. The summed E-state index contributed by atoms with van der Waals surface area (Å²) in [5, 5.41) is 33.1. The molecule has 2 amide bonds. The van der Waals surface area contributed by atoms with Crippen LogP contribution >= 0.6 is 11.8 Å². The number of tetrazole rings is 1. The molecule has 2 heterocycles. The molecular weight excluding hydrogens is 536 g/mol. The van der Waals surface area contributed by atoms with Crippen molar-refractivity contribution in [3.8, 4) is 0 Å². The van der Waals surface area contributed by atoms with Crippen LogP contribution in [0, 0.1) is 0 Å². The number of carbonyl (C=O) groups excluding carboxylic acids is 2. The largest absolute Gasteiger partial charge is 0.392 e. The van der Waals surface area contributed by atoms with Crippen molar-refractivity contribution in [2.45, 2.75) is 68.8 Å². The number of unbranched alkanes of at least 4 members (excludes halogenated alkanes) is 2. The van der Waals surface area contributed by atoms with E-state index >= 15 is 0 Å². The van der Waals surface area contributed by atoms with Gasteiger partial charge in [-0.2, -0.15) is 0 Å². The number of anilines is 1. The molecule has 1 fully saturated rings. The van der Waals surface area contributed by atoms with Crippen molar-refractivity contribution >= 4 is 29.3 Å². The molecule has 0 spiro atoms. The molecule has 2 aromatic carbocycles. The highest BCUT2D eigenvalue weighted by atomic mass is 32.2. The van der Waals surface area contributed by atoms with E-state index in [2.05, 4.69) is 20.8 Å². The Hall–Kier alpha value is -3.36. The van der Waals surface area contributed by atoms with Gasteiger partial charge in [-0.05, 0) is 46.5 Å². The summed E-state index contributed by atoms with van der Waals surface area (Å²) in [6.07, 6.45) is 2.24. The SMILES string of the molecule is Cn1nnnc1SC[C@@H]1C[C@H](c2ccc(CO)cc2)O[C@H](c2ccc(NC(=O)CCCCCC(=O)NO)cc2)O1. The van der Waals surface area contributed by atoms with E-state index < -0.39 is 12.2 Å². The summed E-state index contributed by atoms with van der Waals surface area (Å²) in [4.78, 5) is 23.4. The molecule has 40 heavy (non-hydrogen) atoms. The summed E-state index contributed by atoms with van der Waals surface area (Å²) in [5.41, 5.74) is 4.93. The van der Waals surface area contributed by atoms with E-state index in [-0.39, 0.29) is 31.1 Å². The van der Waals surface area contributed by atoms with Crippen molar-refractivity contribution in [1.82, 2.24) is 25.7 Å². The van der Waals surface area contributed by atoms with Gasteiger partial charge in [-0.1, -0.05) is 54.6 Å². The van der Waals surface area contributed by atoms with Gasteiger partial charge in [0.05, 0.1) is 18.8 Å². The molecule has 0 radical (unpaired) electrons. The van der Waals surface area contributed by atoms with Crippen LogP contribution in [0.25, 0.3) is 0 Å². The van der Waals surface area contributed by atoms with Crippen LogP contribution in [0.2, 0.25) is 0 Å². The van der Waals surface area contributed by atoms with Gasteiger partial charge < -0.3 is 19.9 Å². The monoisotopic (exact) mass is 570 g/mol. The van der Waals surface area contributed by atoms with Crippen molar-refractivity contribution in [3.63, 3.8) is 0 Å². The Morgan fingerprint density at radius 2 is 1.70 bits per heavy atom. The van der Waals surface area contributed by atoms with Crippen LogP contribution < -0.4 is 10.8 Å². The predicted octanol–water partition coefficient (Wildman–Crippen LogP) is 3.43. The molecule has 4 rings (SSSR count). The Morgan fingerprint density at radius 3 is 2.35 bits per heavy atom. The first-order valence-corrected chi connectivity index (χ1v) is 14.1. The molecule has 12 nitrogen and oxygen atoms in total. The number of benzene rings is 2. The lowest BCUT2D eigenvalue weighted by Crippen LogP contribution is -2.31. The molecule has 214 valence electrons. The molecular formula is C27H34N6O6S. The van der Waals surface area contributed by atoms with Crippen LogP contribution in [0.3, 0.4) is 0 Å². The van der Waals surface area contributed by atoms with E-state index in [1.54, 1.807) is 17.2 Å². The molecule has 1 aliphatic rings. The zero-order valence-corrected chi connectivity index (χ0v) is 23.0. The number of carbonyl (C=O) groups is 2. The van der Waals surface area contributed by atoms with Crippen LogP contribution in [0.5, 0.6) is 0 Å². The minimum atomic E-state index is -0.611. The van der Waals surface area contributed by atoms with Crippen molar-refractivity contribution in [2.75, 3.05) is 11.1 Å². The molecule has 1 aliphatic heterocycles. The van der Waals surface area contributed by atoms with Crippen LogP contribution in [-0.2, 0) is 32.7 Å². The lowest BCUT2D eigenvalue weighted by Gasteiger charge is -2.36. The standard InChI is InChI=1S/C27H34N6O6S/c1-33-27(29-31-32-33)40-17-22-15-23(19-9-7-18(16-34)8-10-19)39-26(38-22)20-11-13-21(14-12-20)28-24(35)5-3-2-4-6-25(36)30-37/h7-14,22-23,26,34,37H,2-6,15-17H2,1H3,(H,28,35)(H,30,36)/t22-,23+,26+/m0/s1. The number of aryl methyl sites for hydroxylation is 1. The predicted molar refractivity (Wildman–Crippen MR) is 146 cm³/mol. The Morgan fingerprint density at radius 1 is 1.00 bits per heavy atom. The molecule has 13 heteroatoms. The maximum Gasteiger partial charge on any atom is 0.243 e. The van der Waals surface area contributed by atoms with Crippen LogP contribution in [0.4, 0.5) is 5.69 Å². The number of ether oxygens (including phenoxy) is 2. The molecule has 0 saturated carbocycles. The van der Waals surface area contributed by atoms with Crippen LogP contribution in [0.15, 0.2) is 53.7 Å². The van der Waals surface area contributed by atoms with Gasteiger partial charge in [-0.25, -0.2) is 10.2 Å². The molecule has 1 aromatic heterocycles. The summed E-state index contributed by atoms with van der Waals surface area (Å²) in [5.74, 6) is 0.110. The number of aliphatic hydroxyl groups is 1. The fraction of sp³-hybridized carbons (Fsp3) is 0.444. The van der Waals surface area contributed by atoms with E-state index in [0.29, 0.717) is 48.7 Å². The first-order chi connectivity index (χ1) is 19.4. The molecule has 0 bridgehead atoms. The van der Waals surface area contributed by atoms with Crippen molar-refractivity contribution in [3.05, 3.63) is 65.2 Å². The number of nitrogens with zero attached hydrogens (tertiary/aromatic N) is 4. The average Bonchev–Trinajstić information content (AvgIpc) is 3.40. The highest BCUT2D eigenvalue weighted by Gasteiger charge is 2.32. The maximum absolute atomic E-state index is 12.3. The van der Waals surface area contributed by atoms with Crippen molar-refractivity contribution in [1.29, 1.82) is 0 Å². The summed E-state index contributed by atoms with van der Waals surface area (Å²) in [7, 11) is 1.79. The van der Waals surface area contributed by atoms with Gasteiger partial charge >= 0.3 is 0 Å². The third kappa shape index (κ3) is 8.57. The number of hydroxylamine groups is 1. The number of hydrogen-bond donors (Lipinski definition) is 4. The molecule has 3 atom stereocenters. The summed E-state index contributed by atoms with van der Waals surface area (Å²) in [6.45, 7) is -0.0191. The van der Waals surface area contributed by atoms with Crippen molar-refractivity contribution < 1.29 is 29.4 Å². The summed E-state index contributed by atoms with van der Waals surface area (Å²) < 4.78 is 14.3. The second kappa shape index (κ2) is 14.9. The molecule has 0 aliphatic carbocycles. The van der Waals surface area contributed by atoms with Gasteiger partial charge in [0.25, 0.3) is 0 Å². The molecule has 0 unspecified atom stereocenters. The second-order valence-corrected chi connectivity index (χ2v) is 10.5. The topological polar surface area (TPSA) is 161 Å². The quantitative estimate of drug-likeness (QED) is 0.104. The van der Waals surface area contributed by atoms with Gasteiger partial charge in [0.2, 0.25) is 17.0 Å². The minimum Gasteiger partial charge on any atom is -0.392 e. The Bertz CT molecular complexity index is 1240. The first-order valence-electron chi connectivity index (χ1n) is 13.1. The van der Waals surface area contributed by atoms with E-state index in [0.717, 1.165) is 16.7 Å². The zero-order chi connectivity index (χ0) is 28.3. The van der Waals surface area contributed by atoms with E-state index in [9.17, 15) is 14.7 Å².